The average Bonchev–Trinajstić information content (AvgIpc) is 2.34. The van der Waals surface area contributed by atoms with Gasteiger partial charge in [-0.25, -0.2) is 9.97 Å². The molecule has 102 valence electrons. The van der Waals surface area contributed by atoms with Crippen molar-refractivity contribution in [1.29, 1.82) is 0 Å². The van der Waals surface area contributed by atoms with Crippen LogP contribution in [0.1, 0.15) is 27.7 Å². The molecule has 0 radical (unpaired) electrons. The molecule has 0 atom stereocenters. The van der Waals surface area contributed by atoms with Gasteiger partial charge in [0.25, 0.3) is 0 Å². The van der Waals surface area contributed by atoms with E-state index in [0.29, 0.717) is 12.1 Å². The van der Waals surface area contributed by atoms with Gasteiger partial charge in [0.2, 0.25) is 0 Å². The molecule has 0 aromatic carbocycles. The van der Waals surface area contributed by atoms with E-state index in [1.54, 1.807) is 6.33 Å². The van der Waals surface area contributed by atoms with Gasteiger partial charge in [0.15, 0.2) is 0 Å². The van der Waals surface area contributed by atoms with E-state index in [4.69, 9.17) is 0 Å². The fourth-order valence-corrected chi connectivity index (χ4v) is 2.02. The standard InChI is InChI=1S/C13H25N5/c1-10(2)18(11(3)4)7-6-15-13-8-12(14-5)16-9-17-13/h8-11H,6-7H2,1-5H3,(H2,14,15,16,17). The van der Waals surface area contributed by atoms with Crippen molar-refractivity contribution in [3.8, 4) is 0 Å². The molecule has 1 aromatic rings. The van der Waals surface area contributed by atoms with Crippen LogP contribution in [0.25, 0.3) is 0 Å². The van der Waals surface area contributed by atoms with Crippen LogP contribution in [0.3, 0.4) is 0 Å². The summed E-state index contributed by atoms with van der Waals surface area (Å²) in [5.41, 5.74) is 0. The molecule has 5 heteroatoms. The second kappa shape index (κ2) is 7.16. The lowest BCUT2D eigenvalue weighted by Gasteiger charge is -2.30. The highest BCUT2D eigenvalue weighted by Gasteiger charge is 2.12. The van der Waals surface area contributed by atoms with Gasteiger partial charge in [-0.1, -0.05) is 0 Å². The minimum absolute atomic E-state index is 0.560. The molecule has 18 heavy (non-hydrogen) atoms. The lowest BCUT2D eigenvalue weighted by Crippen LogP contribution is -2.40. The van der Waals surface area contributed by atoms with Crippen LogP contribution >= 0.6 is 0 Å². The summed E-state index contributed by atoms with van der Waals surface area (Å²) in [5, 5.41) is 6.33. The van der Waals surface area contributed by atoms with Gasteiger partial charge in [0.05, 0.1) is 0 Å². The molecule has 0 aliphatic heterocycles. The van der Waals surface area contributed by atoms with Crippen molar-refractivity contribution in [2.75, 3.05) is 30.8 Å². The highest BCUT2D eigenvalue weighted by Crippen LogP contribution is 2.08. The molecule has 0 unspecified atom stereocenters. The first-order valence-corrected chi connectivity index (χ1v) is 6.54. The van der Waals surface area contributed by atoms with Crippen molar-refractivity contribution in [2.24, 2.45) is 0 Å². The molecule has 0 saturated heterocycles. The summed E-state index contributed by atoms with van der Waals surface area (Å²) in [6, 6.07) is 3.03. The molecule has 5 nitrogen and oxygen atoms in total. The molecule has 2 N–H and O–H groups in total. The Morgan fingerprint density at radius 3 is 2.28 bits per heavy atom. The van der Waals surface area contributed by atoms with Gasteiger partial charge in [-0.2, -0.15) is 0 Å². The van der Waals surface area contributed by atoms with Crippen molar-refractivity contribution in [3.63, 3.8) is 0 Å². The molecule has 0 spiro atoms. The van der Waals surface area contributed by atoms with Gasteiger partial charge in [-0.3, -0.25) is 4.90 Å². The Kier molecular flexibility index (Phi) is 5.85. The minimum Gasteiger partial charge on any atom is -0.373 e. The highest BCUT2D eigenvalue weighted by atomic mass is 15.2. The molecule has 0 fully saturated rings. The lowest BCUT2D eigenvalue weighted by molar-refractivity contribution is 0.182. The van der Waals surface area contributed by atoms with Gasteiger partial charge in [0.1, 0.15) is 18.0 Å². The van der Waals surface area contributed by atoms with Crippen LogP contribution in [-0.4, -0.2) is 47.1 Å². The molecule has 1 rings (SSSR count). The van der Waals surface area contributed by atoms with Gasteiger partial charge >= 0.3 is 0 Å². The Morgan fingerprint density at radius 1 is 1.11 bits per heavy atom. The van der Waals surface area contributed by atoms with Crippen LogP contribution in [0.4, 0.5) is 11.6 Å². The van der Waals surface area contributed by atoms with Crippen molar-refractivity contribution >= 4 is 11.6 Å². The molecule has 0 aliphatic rings. The molecule has 0 aliphatic carbocycles. The Balaban J connectivity index is 2.44. The predicted molar refractivity (Wildman–Crippen MR) is 77.0 cm³/mol. The van der Waals surface area contributed by atoms with Crippen molar-refractivity contribution in [1.82, 2.24) is 14.9 Å². The third kappa shape index (κ3) is 4.49. The monoisotopic (exact) mass is 251 g/mol. The quantitative estimate of drug-likeness (QED) is 0.777. The zero-order chi connectivity index (χ0) is 13.5. The number of anilines is 2. The van der Waals surface area contributed by atoms with Crippen LogP contribution < -0.4 is 10.6 Å². The minimum atomic E-state index is 0.560. The van der Waals surface area contributed by atoms with E-state index in [-0.39, 0.29) is 0 Å². The summed E-state index contributed by atoms with van der Waals surface area (Å²) in [6.07, 6.45) is 1.57. The summed E-state index contributed by atoms with van der Waals surface area (Å²) in [6.45, 7) is 10.8. The molecule has 0 bridgehead atoms. The molecule has 0 saturated carbocycles. The molecular weight excluding hydrogens is 226 g/mol. The van der Waals surface area contributed by atoms with E-state index in [2.05, 4.69) is 53.2 Å². The Hall–Kier alpha value is -1.36. The van der Waals surface area contributed by atoms with E-state index in [1.807, 2.05) is 13.1 Å². The topological polar surface area (TPSA) is 53.1 Å². The first kappa shape index (κ1) is 14.7. The van der Waals surface area contributed by atoms with Crippen LogP contribution in [0.2, 0.25) is 0 Å². The van der Waals surface area contributed by atoms with Crippen LogP contribution in [0.5, 0.6) is 0 Å². The number of aromatic nitrogens is 2. The highest BCUT2D eigenvalue weighted by molar-refractivity contribution is 5.45. The summed E-state index contributed by atoms with van der Waals surface area (Å²) in [7, 11) is 1.85. The number of nitrogens with zero attached hydrogens (tertiary/aromatic N) is 3. The van der Waals surface area contributed by atoms with E-state index >= 15 is 0 Å². The van der Waals surface area contributed by atoms with E-state index in [1.165, 1.54) is 0 Å². The molecule has 1 aromatic heterocycles. The summed E-state index contributed by atoms with van der Waals surface area (Å²) < 4.78 is 0. The average molecular weight is 251 g/mol. The number of hydrogen-bond acceptors (Lipinski definition) is 5. The number of hydrogen-bond donors (Lipinski definition) is 2. The summed E-state index contributed by atoms with van der Waals surface area (Å²) >= 11 is 0. The molecular formula is C13H25N5. The maximum absolute atomic E-state index is 4.19. The van der Waals surface area contributed by atoms with E-state index in [9.17, 15) is 0 Å². The SMILES string of the molecule is CNc1cc(NCCN(C(C)C)C(C)C)ncn1. The normalized spacial score (nSPS) is 11.3. The van der Waals surface area contributed by atoms with E-state index < -0.39 is 0 Å². The Labute approximate surface area is 110 Å². The van der Waals surface area contributed by atoms with Gasteiger partial charge < -0.3 is 10.6 Å². The Morgan fingerprint density at radius 2 is 1.72 bits per heavy atom. The number of nitrogens with one attached hydrogen (secondary N) is 2. The zero-order valence-corrected chi connectivity index (χ0v) is 12.1. The maximum atomic E-state index is 4.19. The third-order valence-electron chi connectivity index (χ3n) is 2.93. The van der Waals surface area contributed by atoms with Crippen LogP contribution in [0.15, 0.2) is 12.4 Å². The van der Waals surface area contributed by atoms with Gasteiger partial charge in [-0.05, 0) is 27.7 Å². The van der Waals surface area contributed by atoms with Crippen molar-refractivity contribution < 1.29 is 0 Å². The van der Waals surface area contributed by atoms with Gasteiger partial charge in [-0.15, -0.1) is 0 Å². The summed E-state index contributed by atoms with van der Waals surface area (Å²) in [4.78, 5) is 10.7. The first-order valence-electron chi connectivity index (χ1n) is 6.54. The Bertz CT molecular complexity index is 343. The van der Waals surface area contributed by atoms with E-state index in [0.717, 1.165) is 24.7 Å². The number of rotatable bonds is 7. The maximum Gasteiger partial charge on any atom is 0.131 e. The first-order chi connectivity index (χ1) is 8.54. The largest absolute Gasteiger partial charge is 0.373 e. The fraction of sp³-hybridized carbons (Fsp3) is 0.692. The van der Waals surface area contributed by atoms with Crippen LogP contribution in [0, 0.1) is 0 Å². The van der Waals surface area contributed by atoms with Crippen molar-refractivity contribution in [2.45, 2.75) is 39.8 Å². The second-order valence-electron chi connectivity index (χ2n) is 4.89. The zero-order valence-electron chi connectivity index (χ0n) is 12.1. The summed E-state index contributed by atoms with van der Waals surface area (Å²) in [5.74, 6) is 1.69. The lowest BCUT2D eigenvalue weighted by atomic mass is 10.2. The predicted octanol–water partition coefficient (Wildman–Crippen LogP) is 2.05. The third-order valence-corrected chi connectivity index (χ3v) is 2.93. The molecule has 0 amide bonds. The second-order valence-corrected chi connectivity index (χ2v) is 4.89. The fourth-order valence-electron chi connectivity index (χ4n) is 2.02. The smallest absolute Gasteiger partial charge is 0.131 e. The molecule has 1 heterocycles. The van der Waals surface area contributed by atoms with Crippen molar-refractivity contribution in [3.05, 3.63) is 12.4 Å². The van der Waals surface area contributed by atoms with Crippen LogP contribution in [-0.2, 0) is 0 Å². The van der Waals surface area contributed by atoms with Gasteiger partial charge in [0, 0.05) is 38.3 Å².